The topological polar surface area (TPSA) is 121 Å². The molecule has 9 heavy (non-hydrogen) atoms. The molecular weight excluding hydrogens is 217 g/mol. The Morgan fingerprint density at radius 2 is 1.00 bits per heavy atom. The molecule has 0 bridgehead atoms. The van der Waals surface area contributed by atoms with E-state index in [0.29, 0.717) is 0 Å². The predicted octanol–water partition coefficient (Wildman–Crippen LogP) is -2.01. The van der Waals surface area contributed by atoms with E-state index in [4.69, 9.17) is 28.7 Å². The van der Waals surface area contributed by atoms with Crippen LogP contribution in [0.4, 0.5) is 0 Å². The largest absolute Gasteiger partial charge is 2.00 e. The van der Waals surface area contributed by atoms with Crippen molar-refractivity contribution in [2.45, 2.75) is 0 Å². The summed E-state index contributed by atoms with van der Waals surface area (Å²) in [6.45, 7) is 0. The Bertz CT molecular complexity index is 69.1. The molecule has 0 aliphatic carbocycles. The molecule has 0 rings (SSSR count). The van der Waals surface area contributed by atoms with Crippen LogP contribution in [0.1, 0.15) is 0 Å². The van der Waals surface area contributed by atoms with Crippen LogP contribution in [0, 0.1) is 0 Å². The van der Waals surface area contributed by atoms with E-state index in [0.717, 1.165) is 0 Å². The molecule has 0 amide bonds. The van der Waals surface area contributed by atoms with Gasteiger partial charge in [-0.25, -0.2) is 0 Å². The molecule has 0 aliphatic heterocycles. The maximum atomic E-state index is 8.59. The number of rotatable bonds is 0. The fourth-order valence-electron chi connectivity index (χ4n) is 0. The molecule has 6 nitrogen and oxygen atoms in total. The second-order valence-corrected chi connectivity index (χ2v) is 1.43. The van der Waals surface area contributed by atoms with Gasteiger partial charge in [0.05, 0.1) is 0 Å². The van der Waals surface area contributed by atoms with Gasteiger partial charge in [0.2, 0.25) is 0 Å². The van der Waals surface area contributed by atoms with Crippen molar-refractivity contribution in [3.63, 3.8) is 0 Å². The van der Waals surface area contributed by atoms with Crippen molar-refractivity contribution >= 4 is 16.5 Å². The number of hydrogen-bond acceptors (Lipinski definition) is 4. The van der Waals surface area contributed by atoms with Gasteiger partial charge in [-0.05, 0) is 9.13 Å². The van der Waals surface area contributed by atoms with Crippen molar-refractivity contribution in [1.29, 1.82) is 0 Å². The van der Waals surface area contributed by atoms with E-state index >= 15 is 0 Å². The van der Waals surface area contributed by atoms with Gasteiger partial charge >= 0.3 is 33.0 Å². The molecule has 0 spiro atoms. The fourth-order valence-corrected chi connectivity index (χ4v) is 0. The Morgan fingerprint density at radius 3 is 1.00 bits per heavy atom. The Kier molecular flexibility index (Phi) is 20.5. The van der Waals surface area contributed by atoms with Crippen molar-refractivity contribution in [2.24, 2.45) is 0 Å². The Labute approximate surface area is 62.4 Å². The third kappa shape index (κ3) is 1280. The van der Waals surface area contributed by atoms with Gasteiger partial charge < -0.3 is 9.79 Å². The standard InChI is InChI=1S/Ni.2HO3P/c;2*1-4(2)3/h;2*(H,1,2,3)/q+2;;. The minimum Gasteiger partial charge on any atom is -0.567 e. The quantitative estimate of drug-likeness (QED) is 0.358. The fraction of sp³-hybridized carbons (Fsp3) is 0. The van der Waals surface area contributed by atoms with Crippen molar-refractivity contribution in [3.05, 3.63) is 0 Å². The molecule has 2 N–H and O–H groups in total. The van der Waals surface area contributed by atoms with E-state index in [9.17, 15) is 0 Å². The van der Waals surface area contributed by atoms with Crippen LogP contribution >= 0.6 is 16.5 Å². The molecule has 0 aromatic rings. The van der Waals surface area contributed by atoms with Crippen LogP contribution in [0.2, 0.25) is 0 Å². The second kappa shape index (κ2) is 11.3. The van der Waals surface area contributed by atoms with Gasteiger partial charge in [0.1, 0.15) is 0 Å². The molecule has 2 atom stereocenters. The SMILES string of the molecule is O=[P+]([O-])O.O=[P+]([O-])O.[Ni+2]. The van der Waals surface area contributed by atoms with Crippen LogP contribution in [0.5, 0.6) is 0 Å². The van der Waals surface area contributed by atoms with Gasteiger partial charge in [-0.1, -0.05) is 0 Å². The van der Waals surface area contributed by atoms with Gasteiger partial charge in [0.25, 0.3) is 0 Å². The first-order valence-corrected chi connectivity index (χ1v) is 3.39. The summed E-state index contributed by atoms with van der Waals surface area (Å²) in [5.74, 6) is 0. The van der Waals surface area contributed by atoms with Crippen LogP contribution in [-0.2, 0) is 25.6 Å². The summed E-state index contributed by atoms with van der Waals surface area (Å²) < 4.78 is 17.2. The maximum absolute atomic E-state index is 8.59. The molecule has 9 heteroatoms. The summed E-state index contributed by atoms with van der Waals surface area (Å²) in [4.78, 5) is 31.2. The van der Waals surface area contributed by atoms with Crippen LogP contribution in [-0.4, -0.2) is 9.79 Å². The molecule has 0 fully saturated rings. The molecule has 0 saturated heterocycles. The zero-order valence-corrected chi connectivity index (χ0v) is 6.51. The molecule has 2 unspecified atom stereocenters. The maximum Gasteiger partial charge on any atom is 2.00 e. The first kappa shape index (κ1) is 16.3. The molecule has 0 aromatic heterocycles. The molecule has 0 heterocycles. The minimum atomic E-state index is -3.12. The van der Waals surface area contributed by atoms with Crippen LogP contribution in [0.25, 0.3) is 0 Å². The molecule has 0 saturated carbocycles. The second-order valence-electron chi connectivity index (χ2n) is 0.476. The van der Waals surface area contributed by atoms with Crippen molar-refractivity contribution in [3.8, 4) is 0 Å². The average molecular weight is 219 g/mol. The first-order chi connectivity index (χ1) is 3.46. The van der Waals surface area contributed by atoms with Gasteiger partial charge in [-0.15, -0.1) is 0 Å². The molecule has 0 radical (unpaired) electrons. The predicted molar refractivity (Wildman–Crippen MR) is 19.7 cm³/mol. The Morgan fingerprint density at radius 1 is 1.00 bits per heavy atom. The summed E-state index contributed by atoms with van der Waals surface area (Å²) in [5.41, 5.74) is 0. The van der Waals surface area contributed by atoms with E-state index in [-0.39, 0.29) is 16.5 Å². The molecule has 0 aromatic carbocycles. The summed E-state index contributed by atoms with van der Waals surface area (Å²) in [5, 5.41) is 0. The van der Waals surface area contributed by atoms with E-state index in [1.54, 1.807) is 0 Å². The van der Waals surface area contributed by atoms with E-state index < -0.39 is 16.5 Å². The van der Waals surface area contributed by atoms with E-state index in [2.05, 4.69) is 0 Å². The van der Waals surface area contributed by atoms with Gasteiger partial charge in [-0.3, -0.25) is 0 Å². The third-order valence-corrected chi connectivity index (χ3v) is 0. The van der Waals surface area contributed by atoms with Gasteiger partial charge in [0.15, 0.2) is 0 Å². The van der Waals surface area contributed by atoms with Crippen molar-refractivity contribution < 1.29 is 45.2 Å². The van der Waals surface area contributed by atoms with E-state index in [1.165, 1.54) is 0 Å². The molecule has 0 aliphatic rings. The van der Waals surface area contributed by atoms with Gasteiger partial charge in [-0.2, -0.15) is 9.79 Å². The molecule has 56 valence electrons. The third-order valence-electron chi connectivity index (χ3n) is 0. The Balaban J connectivity index is -0.0000000720. The summed E-state index contributed by atoms with van der Waals surface area (Å²) >= 11 is 0. The van der Waals surface area contributed by atoms with Crippen molar-refractivity contribution in [2.75, 3.05) is 0 Å². The summed E-state index contributed by atoms with van der Waals surface area (Å²) in [6.07, 6.45) is 0. The zero-order valence-electron chi connectivity index (χ0n) is 3.74. The van der Waals surface area contributed by atoms with E-state index in [1.807, 2.05) is 0 Å². The van der Waals surface area contributed by atoms with Crippen LogP contribution in [0.15, 0.2) is 0 Å². The average Bonchev–Trinajstić information content (AvgIpc) is 1.25. The van der Waals surface area contributed by atoms with Gasteiger partial charge in [0, 0.05) is 0 Å². The van der Waals surface area contributed by atoms with Crippen LogP contribution in [0.3, 0.4) is 0 Å². The monoisotopic (exact) mass is 218 g/mol. The van der Waals surface area contributed by atoms with Crippen molar-refractivity contribution in [1.82, 2.24) is 0 Å². The summed E-state index contributed by atoms with van der Waals surface area (Å²) in [6, 6.07) is 0. The minimum absolute atomic E-state index is 0. The smallest absolute Gasteiger partial charge is 0.567 e. The normalized spacial score (nSPS) is 9.78. The number of hydrogen-bond donors (Lipinski definition) is 2. The van der Waals surface area contributed by atoms with Crippen LogP contribution < -0.4 is 9.79 Å². The zero-order chi connectivity index (χ0) is 7.15. The molecular formula is H2NiO6P2+2. The summed E-state index contributed by atoms with van der Waals surface area (Å²) in [7, 11) is -6.24. The first-order valence-electron chi connectivity index (χ1n) is 1.13. The Hall–Kier alpha value is 0.534.